The predicted molar refractivity (Wildman–Crippen MR) is 119 cm³/mol. The second-order valence-electron chi connectivity index (χ2n) is 7.86. The SMILES string of the molecule is O=C(NCCC1=CCCCC1)c1cc(-c2ccccc2)c(N2CCCCC2)s1. The van der Waals surface area contributed by atoms with Crippen LogP contribution in [0.1, 0.15) is 61.0 Å². The Morgan fingerprint density at radius 3 is 2.61 bits per heavy atom. The molecule has 148 valence electrons. The first-order valence-corrected chi connectivity index (χ1v) is 11.5. The van der Waals surface area contributed by atoms with Crippen molar-refractivity contribution in [1.82, 2.24) is 5.32 Å². The number of hydrogen-bond donors (Lipinski definition) is 1. The Kier molecular flexibility index (Phi) is 6.48. The molecule has 1 aliphatic carbocycles. The second-order valence-corrected chi connectivity index (χ2v) is 8.89. The number of amides is 1. The molecule has 28 heavy (non-hydrogen) atoms. The number of nitrogens with zero attached hydrogens (tertiary/aromatic N) is 1. The molecule has 1 fully saturated rings. The van der Waals surface area contributed by atoms with Crippen LogP contribution in [0.15, 0.2) is 48.0 Å². The van der Waals surface area contributed by atoms with Gasteiger partial charge in [-0.1, -0.05) is 42.0 Å². The smallest absolute Gasteiger partial charge is 0.261 e. The molecule has 0 radical (unpaired) electrons. The van der Waals surface area contributed by atoms with Crippen molar-refractivity contribution in [3.8, 4) is 11.1 Å². The Morgan fingerprint density at radius 1 is 1.04 bits per heavy atom. The van der Waals surface area contributed by atoms with Crippen molar-refractivity contribution in [2.24, 2.45) is 0 Å². The van der Waals surface area contributed by atoms with E-state index in [1.165, 1.54) is 66.6 Å². The van der Waals surface area contributed by atoms with E-state index in [1.807, 2.05) is 6.07 Å². The van der Waals surface area contributed by atoms with Crippen LogP contribution in [0.3, 0.4) is 0 Å². The van der Waals surface area contributed by atoms with Gasteiger partial charge in [0.1, 0.15) is 0 Å². The zero-order valence-electron chi connectivity index (χ0n) is 16.6. The van der Waals surface area contributed by atoms with Crippen LogP contribution in [0.25, 0.3) is 11.1 Å². The third-order valence-electron chi connectivity index (χ3n) is 5.78. The van der Waals surface area contributed by atoms with E-state index in [4.69, 9.17) is 0 Å². The first kappa shape index (κ1) is 19.3. The van der Waals surface area contributed by atoms with Gasteiger partial charge in [0, 0.05) is 25.2 Å². The zero-order valence-corrected chi connectivity index (χ0v) is 17.4. The summed E-state index contributed by atoms with van der Waals surface area (Å²) in [5.74, 6) is 0.0712. The predicted octanol–water partition coefficient (Wildman–Crippen LogP) is 6.03. The van der Waals surface area contributed by atoms with Crippen LogP contribution in [0.4, 0.5) is 5.00 Å². The van der Waals surface area contributed by atoms with Gasteiger partial charge in [0.2, 0.25) is 0 Å². The largest absolute Gasteiger partial charge is 0.363 e. The molecule has 1 amide bonds. The Balaban J connectivity index is 1.49. The molecule has 0 saturated carbocycles. The minimum absolute atomic E-state index is 0.0712. The number of allylic oxidation sites excluding steroid dienone is 1. The highest BCUT2D eigenvalue weighted by molar-refractivity contribution is 7.18. The highest BCUT2D eigenvalue weighted by Gasteiger charge is 2.21. The summed E-state index contributed by atoms with van der Waals surface area (Å²) in [6, 6.07) is 12.6. The molecule has 1 aromatic carbocycles. The van der Waals surface area contributed by atoms with Crippen LogP contribution in [0, 0.1) is 0 Å². The fraction of sp³-hybridized carbons (Fsp3) is 0.458. The van der Waals surface area contributed by atoms with E-state index in [0.29, 0.717) is 0 Å². The fourth-order valence-corrected chi connectivity index (χ4v) is 5.35. The molecule has 1 N–H and O–H groups in total. The van der Waals surface area contributed by atoms with E-state index < -0.39 is 0 Å². The topological polar surface area (TPSA) is 32.3 Å². The number of piperidine rings is 1. The molecule has 0 spiro atoms. The number of benzene rings is 1. The maximum Gasteiger partial charge on any atom is 0.261 e. The van der Waals surface area contributed by atoms with Gasteiger partial charge in [0.05, 0.1) is 9.88 Å². The number of thiophene rings is 1. The van der Waals surface area contributed by atoms with Gasteiger partial charge in [0.15, 0.2) is 0 Å². The summed E-state index contributed by atoms with van der Waals surface area (Å²) < 4.78 is 0. The van der Waals surface area contributed by atoms with Gasteiger partial charge in [-0.3, -0.25) is 4.79 Å². The monoisotopic (exact) mass is 394 g/mol. The molecule has 1 aliphatic heterocycles. The van der Waals surface area contributed by atoms with Crippen molar-refractivity contribution in [2.45, 2.75) is 51.4 Å². The van der Waals surface area contributed by atoms with Crippen LogP contribution in [-0.2, 0) is 0 Å². The third-order valence-corrected chi connectivity index (χ3v) is 6.98. The normalized spacial score (nSPS) is 17.3. The first-order chi connectivity index (χ1) is 13.8. The van der Waals surface area contributed by atoms with Gasteiger partial charge in [-0.25, -0.2) is 0 Å². The molecule has 0 unspecified atom stereocenters. The highest BCUT2D eigenvalue weighted by Crippen LogP contribution is 2.40. The van der Waals surface area contributed by atoms with Gasteiger partial charge in [-0.05, 0) is 63.0 Å². The Bertz CT molecular complexity index is 818. The standard InChI is InChI=1S/C24H30N2OS/c27-23(25-15-14-19-10-4-1-5-11-19)22-18-21(20-12-6-2-7-13-20)24(28-22)26-16-8-3-9-17-26/h2,6-7,10,12-13,18H,1,3-5,8-9,11,14-17H2,(H,25,27). The van der Waals surface area contributed by atoms with Crippen LogP contribution in [0.2, 0.25) is 0 Å². The lowest BCUT2D eigenvalue weighted by molar-refractivity contribution is 0.0958. The Labute approximate surface area is 172 Å². The van der Waals surface area contributed by atoms with Gasteiger partial charge >= 0.3 is 0 Å². The number of carbonyl (C=O) groups is 1. The molecule has 2 heterocycles. The summed E-state index contributed by atoms with van der Waals surface area (Å²) in [4.78, 5) is 16.1. The average Bonchev–Trinajstić information content (AvgIpc) is 3.21. The van der Waals surface area contributed by atoms with Crippen molar-refractivity contribution in [1.29, 1.82) is 0 Å². The third kappa shape index (κ3) is 4.67. The molecule has 2 aromatic rings. The van der Waals surface area contributed by atoms with E-state index in [0.717, 1.165) is 30.9 Å². The summed E-state index contributed by atoms with van der Waals surface area (Å²) in [6.45, 7) is 2.92. The van der Waals surface area contributed by atoms with Crippen molar-refractivity contribution in [3.05, 3.63) is 52.9 Å². The number of anilines is 1. The molecule has 1 saturated heterocycles. The average molecular weight is 395 g/mol. The van der Waals surface area contributed by atoms with Crippen LogP contribution in [-0.4, -0.2) is 25.5 Å². The highest BCUT2D eigenvalue weighted by atomic mass is 32.1. The molecule has 1 aromatic heterocycles. The van der Waals surface area contributed by atoms with E-state index in [2.05, 4.69) is 46.6 Å². The van der Waals surface area contributed by atoms with Crippen molar-refractivity contribution < 1.29 is 4.79 Å². The maximum atomic E-state index is 12.8. The van der Waals surface area contributed by atoms with Gasteiger partial charge in [-0.2, -0.15) is 0 Å². The van der Waals surface area contributed by atoms with E-state index >= 15 is 0 Å². The lowest BCUT2D eigenvalue weighted by Gasteiger charge is -2.28. The van der Waals surface area contributed by atoms with E-state index in [-0.39, 0.29) is 5.91 Å². The summed E-state index contributed by atoms with van der Waals surface area (Å²) in [5.41, 5.74) is 3.91. The number of carbonyl (C=O) groups excluding carboxylic acids is 1. The van der Waals surface area contributed by atoms with Crippen LogP contribution >= 0.6 is 11.3 Å². The minimum atomic E-state index is 0.0712. The molecule has 3 nitrogen and oxygen atoms in total. The van der Waals surface area contributed by atoms with Crippen LogP contribution < -0.4 is 10.2 Å². The second kappa shape index (κ2) is 9.42. The fourth-order valence-electron chi connectivity index (χ4n) is 4.21. The van der Waals surface area contributed by atoms with Crippen molar-refractivity contribution in [2.75, 3.05) is 24.5 Å². The van der Waals surface area contributed by atoms with E-state index in [1.54, 1.807) is 11.3 Å². The van der Waals surface area contributed by atoms with Gasteiger partial charge in [0.25, 0.3) is 5.91 Å². The van der Waals surface area contributed by atoms with Crippen molar-refractivity contribution >= 4 is 22.2 Å². The molecule has 4 rings (SSSR count). The number of nitrogens with one attached hydrogen (secondary N) is 1. The summed E-state index contributed by atoms with van der Waals surface area (Å²) in [7, 11) is 0. The lowest BCUT2D eigenvalue weighted by Crippen LogP contribution is -2.29. The summed E-state index contributed by atoms with van der Waals surface area (Å²) in [6.07, 6.45) is 12.2. The van der Waals surface area contributed by atoms with Gasteiger partial charge in [-0.15, -0.1) is 11.3 Å². The Morgan fingerprint density at radius 2 is 1.86 bits per heavy atom. The molecule has 0 bridgehead atoms. The molecular weight excluding hydrogens is 364 g/mol. The Hall–Kier alpha value is -2.07. The lowest BCUT2D eigenvalue weighted by atomic mass is 9.97. The van der Waals surface area contributed by atoms with Gasteiger partial charge < -0.3 is 10.2 Å². The number of rotatable bonds is 6. The zero-order chi connectivity index (χ0) is 19.2. The molecular formula is C24H30N2OS. The molecule has 0 atom stereocenters. The summed E-state index contributed by atoms with van der Waals surface area (Å²) in [5, 5.41) is 4.41. The van der Waals surface area contributed by atoms with Crippen molar-refractivity contribution in [3.63, 3.8) is 0 Å². The van der Waals surface area contributed by atoms with E-state index in [9.17, 15) is 4.79 Å². The first-order valence-electron chi connectivity index (χ1n) is 10.7. The maximum absolute atomic E-state index is 12.8. The molecule has 4 heteroatoms. The summed E-state index contributed by atoms with van der Waals surface area (Å²) >= 11 is 1.65. The molecule has 2 aliphatic rings. The minimum Gasteiger partial charge on any atom is -0.363 e. The number of hydrogen-bond acceptors (Lipinski definition) is 3. The van der Waals surface area contributed by atoms with Crippen LogP contribution in [0.5, 0.6) is 0 Å². The quantitative estimate of drug-likeness (QED) is 0.607.